The zero-order valence-electron chi connectivity index (χ0n) is 11.0. The molecule has 1 unspecified atom stereocenters. The van der Waals surface area contributed by atoms with E-state index in [4.69, 9.17) is 10.5 Å². The van der Waals surface area contributed by atoms with Crippen LogP contribution in [-0.2, 0) is 5.41 Å². The number of hydrogen-bond acceptors (Lipinski definition) is 3. The molecule has 2 nitrogen and oxygen atoms in total. The minimum absolute atomic E-state index is 0.149. The summed E-state index contributed by atoms with van der Waals surface area (Å²) in [4.78, 5) is 1.31. The summed E-state index contributed by atoms with van der Waals surface area (Å²) in [6.45, 7) is 4.21. The molecule has 0 aromatic heterocycles. The molecule has 0 spiro atoms. The fourth-order valence-electron chi connectivity index (χ4n) is 2.64. The molecule has 1 aromatic rings. The maximum Gasteiger partial charge on any atom is 0.126 e. The Kier molecular flexibility index (Phi) is 3.41. The SMILES string of the molecule is COc1c(C)ccc(SC)c1C1(C(C)N)CC1. The Bertz CT molecular complexity index is 424. The van der Waals surface area contributed by atoms with E-state index >= 15 is 0 Å². The first-order valence-corrected chi connectivity index (χ1v) is 7.27. The van der Waals surface area contributed by atoms with Gasteiger partial charge in [0.2, 0.25) is 0 Å². The van der Waals surface area contributed by atoms with Gasteiger partial charge in [0.15, 0.2) is 0 Å². The molecule has 0 saturated heterocycles. The fraction of sp³-hybridized carbons (Fsp3) is 0.571. The van der Waals surface area contributed by atoms with E-state index in [-0.39, 0.29) is 11.5 Å². The second kappa shape index (κ2) is 4.54. The molecule has 0 bridgehead atoms. The van der Waals surface area contributed by atoms with Gasteiger partial charge in [-0.05, 0) is 44.6 Å². The van der Waals surface area contributed by atoms with Crippen LogP contribution in [0.5, 0.6) is 5.75 Å². The summed E-state index contributed by atoms with van der Waals surface area (Å²) in [5.74, 6) is 1.03. The topological polar surface area (TPSA) is 35.2 Å². The third kappa shape index (κ3) is 1.95. The van der Waals surface area contributed by atoms with Crippen molar-refractivity contribution < 1.29 is 4.74 Å². The average Bonchev–Trinajstić information content (AvgIpc) is 3.09. The van der Waals surface area contributed by atoms with Crippen molar-refractivity contribution >= 4 is 11.8 Å². The number of nitrogens with two attached hydrogens (primary N) is 1. The average molecular weight is 251 g/mol. The molecule has 1 aliphatic rings. The highest BCUT2D eigenvalue weighted by Gasteiger charge is 2.50. The van der Waals surface area contributed by atoms with Crippen LogP contribution in [0.15, 0.2) is 17.0 Å². The van der Waals surface area contributed by atoms with Crippen LogP contribution in [0.4, 0.5) is 0 Å². The number of methoxy groups -OCH3 is 1. The lowest BCUT2D eigenvalue weighted by molar-refractivity contribution is 0.392. The van der Waals surface area contributed by atoms with Crippen molar-refractivity contribution in [2.75, 3.05) is 13.4 Å². The number of ether oxygens (including phenoxy) is 1. The lowest BCUT2D eigenvalue weighted by Crippen LogP contribution is -2.32. The Balaban J connectivity index is 2.61. The Morgan fingerprint density at radius 1 is 1.41 bits per heavy atom. The summed E-state index contributed by atoms with van der Waals surface area (Å²) >= 11 is 1.78. The molecule has 0 aliphatic heterocycles. The Morgan fingerprint density at radius 3 is 2.47 bits per heavy atom. The van der Waals surface area contributed by atoms with Crippen molar-refractivity contribution in [3.05, 3.63) is 23.3 Å². The number of thioether (sulfide) groups is 1. The highest BCUT2D eigenvalue weighted by atomic mass is 32.2. The highest BCUT2D eigenvalue weighted by Crippen LogP contribution is 2.56. The minimum Gasteiger partial charge on any atom is -0.496 e. The van der Waals surface area contributed by atoms with Crippen LogP contribution >= 0.6 is 11.8 Å². The van der Waals surface area contributed by atoms with E-state index in [9.17, 15) is 0 Å². The Labute approximate surface area is 108 Å². The van der Waals surface area contributed by atoms with E-state index in [0.29, 0.717) is 0 Å². The standard InChI is InChI=1S/C14H21NOS/c1-9-5-6-11(17-4)12(13(9)16-3)14(7-8-14)10(2)15/h5-6,10H,7-8,15H2,1-4H3. The van der Waals surface area contributed by atoms with E-state index in [1.54, 1.807) is 18.9 Å². The first kappa shape index (κ1) is 12.8. The lowest BCUT2D eigenvalue weighted by atomic mass is 9.87. The van der Waals surface area contributed by atoms with Crippen LogP contribution in [0.2, 0.25) is 0 Å². The van der Waals surface area contributed by atoms with E-state index < -0.39 is 0 Å². The van der Waals surface area contributed by atoms with Gasteiger partial charge < -0.3 is 10.5 Å². The molecule has 0 heterocycles. The number of rotatable bonds is 4. The van der Waals surface area contributed by atoms with Crippen LogP contribution in [0, 0.1) is 6.92 Å². The summed E-state index contributed by atoms with van der Waals surface area (Å²) in [5.41, 5.74) is 8.88. The molecule has 1 saturated carbocycles. The van der Waals surface area contributed by atoms with Gasteiger partial charge in [0, 0.05) is 21.9 Å². The van der Waals surface area contributed by atoms with Gasteiger partial charge in [-0.2, -0.15) is 0 Å². The molecule has 2 rings (SSSR count). The molecule has 0 radical (unpaired) electrons. The van der Waals surface area contributed by atoms with E-state index in [2.05, 4.69) is 32.2 Å². The summed E-state index contributed by atoms with van der Waals surface area (Å²) in [6, 6.07) is 4.51. The predicted molar refractivity (Wildman–Crippen MR) is 74.1 cm³/mol. The van der Waals surface area contributed by atoms with Crippen LogP contribution < -0.4 is 10.5 Å². The minimum atomic E-state index is 0.149. The van der Waals surface area contributed by atoms with Crippen LogP contribution in [0.1, 0.15) is 30.9 Å². The van der Waals surface area contributed by atoms with E-state index in [1.165, 1.54) is 28.9 Å². The molecule has 1 aromatic carbocycles. The van der Waals surface area contributed by atoms with Gasteiger partial charge >= 0.3 is 0 Å². The molecular weight excluding hydrogens is 230 g/mol. The van der Waals surface area contributed by atoms with Crippen molar-refractivity contribution in [1.29, 1.82) is 0 Å². The molecule has 0 amide bonds. The summed E-state index contributed by atoms with van der Waals surface area (Å²) in [6.07, 6.45) is 4.47. The second-order valence-electron chi connectivity index (χ2n) is 4.94. The van der Waals surface area contributed by atoms with Gasteiger partial charge in [-0.3, -0.25) is 0 Å². The van der Waals surface area contributed by atoms with Gasteiger partial charge in [0.1, 0.15) is 5.75 Å². The number of benzene rings is 1. The van der Waals surface area contributed by atoms with Crippen molar-refractivity contribution in [2.45, 2.75) is 43.0 Å². The molecule has 1 atom stereocenters. The van der Waals surface area contributed by atoms with Crippen molar-refractivity contribution in [3.63, 3.8) is 0 Å². The van der Waals surface area contributed by atoms with Gasteiger partial charge in [0.05, 0.1) is 7.11 Å². The van der Waals surface area contributed by atoms with Crippen molar-refractivity contribution in [3.8, 4) is 5.75 Å². The normalized spacial score (nSPS) is 18.9. The summed E-state index contributed by atoms with van der Waals surface area (Å²) in [7, 11) is 1.76. The lowest BCUT2D eigenvalue weighted by Gasteiger charge is -2.26. The summed E-state index contributed by atoms with van der Waals surface area (Å²) in [5, 5.41) is 0. The van der Waals surface area contributed by atoms with E-state index in [0.717, 1.165) is 5.75 Å². The molecular formula is C14H21NOS. The smallest absolute Gasteiger partial charge is 0.126 e. The Morgan fingerprint density at radius 2 is 2.06 bits per heavy atom. The van der Waals surface area contributed by atoms with Gasteiger partial charge in [-0.1, -0.05) is 6.07 Å². The monoisotopic (exact) mass is 251 g/mol. The first-order chi connectivity index (χ1) is 8.06. The molecule has 17 heavy (non-hydrogen) atoms. The predicted octanol–water partition coefficient (Wildman–Crippen LogP) is 3.10. The zero-order chi connectivity index (χ0) is 12.6. The maximum atomic E-state index is 6.20. The molecule has 1 fully saturated rings. The highest BCUT2D eigenvalue weighted by molar-refractivity contribution is 7.98. The van der Waals surface area contributed by atoms with Gasteiger partial charge in [0.25, 0.3) is 0 Å². The van der Waals surface area contributed by atoms with Crippen LogP contribution in [0.3, 0.4) is 0 Å². The van der Waals surface area contributed by atoms with Gasteiger partial charge in [-0.25, -0.2) is 0 Å². The third-order valence-electron chi connectivity index (χ3n) is 3.90. The van der Waals surface area contributed by atoms with Gasteiger partial charge in [-0.15, -0.1) is 11.8 Å². The quantitative estimate of drug-likeness (QED) is 0.835. The molecule has 2 N–H and O–H groups in total. The zero-order valence-corrected chi connectivity index (χ0v) is 11.9. The van der Waals surface area contributed by atoms with Crippen LogP contribution in [0.25, 0.3) is 0 Å². The molecule has 94 valence electrons. The third-order valence-corrected chi connectivity index (χ3v) is 4.68. The fourth-order valence-corrected chi connectivity index (χ4v) is 3.35. The molecule has 3 heteroatoms. The van der Waals surface area contributed by atoms with Crippen molar-refractivity contribution in [1.82, 2.24) is 0 Å². The largest absolute Gasteiger partial charge is 0.496 e. The Hall–Kier alpha value is -0.670. The number of aryl methyl sites for hydroxylation is 1. The van der Waals surface area contributed by atoms with E-state index in [1.807, 2.05) is 0 Å². The van der Waals surface area contributed by atoms with Crippen LogP contribution in [-0.4, -0.2) is 19.4 Å². The first-order valence-electron chi connectivity index (χ1n) is 6.04. The molecule has 1 aliphatic carbocycles. The van der Waals surface area contributed by atoms with Crippen molar-refractivity contribution in [2.24, 2.45) is 5.73 Å². The summed E-state index contributed by atoms with van der Waals surface area (Å²) < 4.78 is 5.63. The maximum absolute atomic E-state index is 6.20. The second-order valence-corrected chi connectivity index (χ2v) is 5.79. The number of hydrogen-bond donors (Lipinski definition) is 1.